The Morgan fingerprint density at radius 3 is 2.75 bits per heavy atom. The maximum absolute atomic E-state index is 13.2. The Kier molecular flexibility index (Phi) is 5.83. The van der Waals surface area contributed by atoms with Crippen LogP contribution in [0.15, 0.2) is 18.5 Å². The Hall–Kier alpha value is -3.18. The third kappa shape index (κ3) is 4.20. The van der Waals surface area contributed by atoms with Crippen molar-refractivity contribution < 1.29 is 9.53 Å². The molecule has 1 saturated carbocycles. The summed E-state index contributed by atoms with van der Waals surface area (Å²) in [4.78, 5) is 24.6. The van der Waals surface area contributed by atoms with E-state index in [1.807, 2.05) is 11.1 Å². The van der Waals surface area contributed by atoms with E-state index in [4.69, 9.17) is 14.8 Å². The van der Waals surface area contributed by atoms with Gasteiger partial charge in [-0.25, -0.2) is 4.79 Å². The Balaban J connectivity index is 1.31. The van der Waals surface area contributed by atoms with E-state index < -0.39 is 0 Å². The van der Waals surface area contributed by atoms with Crippen LogP contribution in [-0.4, -0.2) is 99.3 Å². The molecule has 3 aromatic rings. The van der Waals surface area contributed by atoms with Crippen molar-refractivity contribution in [3.63, 3.8) is 0 Å². The zero-order chi connectivity index (χ0) is 24.9. The molecule has 1 spiro atoms. The van der Waals surface area contributed by atoms with Crippen LogP contribution in [-0.2, 0) is 11.3 Å². The first-order valence-corrected chi connectivity index (χ1v) is 12.9. The highest BCUT2D eigenvalue weighted by Crippen LogP contribution is 2.44. The van der Waals surface area contributed by atoms with Crippen molar-refractivity contribution in [3.8, 4) is 11.4 Å². The molecule has 0 radical (unpaired) electrons. The van der Waals surface area contributed by atoms with Gasteiger partial charge in [0.2, 0.25) is 0 Å². The van der Waals surface area contributed by atoms with Gasteiger partial charge in [0.05, 0.1) is 47.2 Å². The summed E-state index contributed by atoms with van der Waals surface area (Å²) in [6, 6.07) is 1.95. The fraction of sp³-hybridized carbons (Fsp3) is 0.600. The standard InChI is InChI=1S/C25H35N9O2/c1-17(2)15-34-21-12-19(26-13-18(21)23(30-34)32-8-6-31(3)7-9-32)22-20(14-27-29-22)28-24(35)33-10-11-36-16-25(33)4-5-25/h12-14,17H,4-11,15-16H2,1-3H3,(H,27,29)(H,28,35). The molecule has 11 nitrogen and oxygen atoms in total. The molecule has 11 heteroatoms. The van der Waals surface area contributed by atoms with E-state index in [9.17, 15) is 4.79 Å². The number of carbonyl (C=O) groups excluding carboxylic acids is 1. The SMILES string of the molecule is CC(C)Cn1nc(N2CCN(C)CC2)c2cnc(-c3[nH]ncc3NC(=O)N3CCOCC34CC4)cc21. The summed E-state index contributed by atoms with van der Waals surface area (Å²) < 4.78 is 7.72. The number of urea groups is 1. The van der Waals surface area contributed by atoms with E-state index in [1.165, 1.54) is 0 Å². The number of aromatic amines is 1. The first-order chi connectivity index (χ1) is 17.4. The molecule has 2 saturated heterocycles. The largest absolute Gasteiger partial charge is 0.377 e. The minimum absolute atomic E-state index is 0.110. The smallest absolute Gasteiger partial charge is 0.322 e. The predicted molar refractivity (Wildman–Crippen MR) is 138 cm³/mol. The van der Waals surface area contributed by atoms with E-state index in [1.54, 1.807) is 6.20 Å². The highest BCUT2D eigenvalue weighted by molar-refractivity contribution is 5.96. The molecule has 2 N–H and O–H groups in total. The lowest BCUT2D eigenvalue weighted by molar-refractivity contribution is 0.00404. The number of H-pyrrole nitrogens is 1. The Morgan fingerprint density at radius 1 is 1.19 bits per heavy atom. The van der Waals surface area contributed by atoms with Crippen LogP contribution in [0.5, 0.6) is 0 Å². The zero-order valence-corrected chi connectivity index (χ0v) is 21.3. The fourth-order valence-electron chi connectivity index (χ4n) is 5.29. The van der Waals surface area contributed by atoms with E-state index in [0.717, 1.165) is 68.0 Å². The number of hydrogen-bond donors (Lipinski definition) is 2. The number of fused-ring (bicyclic) bond motifs is 1. The lowest BCUT2D eigenvalue weighted by atomic mass is 10.2. The molecule has 2 aliphatic heterocycles. The van der Waals surface area contributed by atoms with Crippen LogP contribution in [0.3, 0.4) is 0 Å². The average molecular weight is 494 g/mol. The van der Waals surface area contributed by atoms with Gasteiger partial charge in [-0.15, -0.1) is 0 Å². The minimum atomic E-state index is -0.133. The van der Waals surface area contributed by atoms with Crippen LogP contribution in [0.2, 0.25) is 0 Å². The van der Waals surface area contributed by atoms with Crippen LogP contribution in [0, 0.1) is 5.92 Å². The second-order valence-corrected chi connectivity index (χ2v) is 10.8. The molecular formula is C25H35N9O2. The summed E-state index contributed by atoms with van der Waals surface area (Å²) in [5.41, 5.74) is 2.96. The molecule has 1 aliphatic carbocycles. The summed E-state index contributed by atoms with van der Waals surface area (Å²) in [7, 11) is 2.16. The molecule has 5 heterocycles. The lowest BCUT2D eigenvalue weighted by Gasteiger charge is -2.35. The summed E-state index contributed by atoms with van der Waals surface area (Å²) >= 11 is 0. The molecule has 2 amide bonds. The molecule has 6 rings (SSSR count). The van der Waals surface area contributed by atoms with Crippen molar-refractivity contribution >= 4 is 28.4 Å². The zero-order valence-electron chi connectivity index (χ0n) is 21.3. The molecule has 3 fully saturated rings. The van der Waals surface area contributed by atoms with Crippen molar-refractivity contribution in [1.82, 2.24) is 34.8 Å². The Morgan fingerprint density at radius 2 is 2.00 bits per heavy atom. The molecule has 36 heavy (non-hydrogen) atoms. The molecule has 3 aliphatic rings. The van der Waals surface area contributed by atoms with Gasteiger partial charge in [-0.05, 0) is 31.9 Å². The van der Waals surface area contributed by atoms with Gasteiger partial charge in [-0.1, -0.05) is 13.8 Å². The maximum Gasteiger partial charge on any atom is 0.322 e. The molecule has 3 aromatic heterocycles. The van der Waals surface area contributed by atoms with Crippen molar-refractivity contribution in [1.29, 1.82) is 0 Å². The third-order valence-corrected chi connectivity index (χ3v) is 7.57. The van der Waals surface area contributed by atoms with Crippen LogP contribution >= 0.6 is 0 Å². The molecule has 0 aromatic carbocycles. The van der Waals surface area contributed by atoms with Gasteiger partial charge in [-0.3, -0.25) is 14.8 Å². The molecule has 0 bridgehead atoms. The fourth-order valence-corrected chi connectivity index (χ4v) is 5.29. The van der Waals surface area contributed by atoms with E-state index in [-0.39, 0.29) is 11.6 Å². The van der Waals surface area contributed by atoms with E-state index in [2.05, 4.69) is 57.0 Å². The first-order valence-electron chi connectivity index (χ1n) is 12.9. The number of ether oxygens (including phenoxy) is 1. The number of carbonyl (C=O) groups is 1. The topological polar surface area (TPSA) is 107 Å². The molecule has 0 unspecified atom stereocenters. The van der Waals surface area contributed by atoms with Gasteiger partial charge in [0.15, 0.2) is 5.82 Å². The number of pyridine rings is 1. The first kappa shape index (κ1) is 23.2. The number of likely N-dealkylation sites (N-methyl/N-ethyl adjacent to an activating group) is 1. The van der Waals surface area contributed by atoms with Gasteiger partial charge >= 0.3 is 6.03 Å². The summed E-state index contributed by atoms with van der Waals surface area (Å²) in [5.74, 6) is 1.45. The van der Waals surface area contributed by atoms with Gasteiger partial charge in [-0.2, -0.15) is 10.2 Å². The maximum atomic E-state index is 13.2. The van der Waals surface area contributed by atoms with Gasteiger partial charge in [0.1, 0.15) is 5.69 Å². The normalized spacial score (nSPS) is 20.0. The van der Waals surface area contributed by atoms with E-state index >= 15 is 0 Å². The number of morpholine rings is 1. The van der Waals surface area contributed by atoms with E-state index in [0.29, 0.717) is 37.1 Å². The van der Waals surface area contributed by atoms with Crippen molar-refractivity contribution in [2.75, 3.05) is 63.2 Å². The Labute approximate surface area is 210 Å². The predicted octanol–water partition coefficient (Wildman–Crippen LogP) is 2.63. The number of aromatic nitrogens is 5. The average Bonchev–Trinajstić information content (AvgIpc) is 3.31. The summed E-state index contributed by atoms with van der Waals surface area (Å²) in [5, 5.41) is 16.4. The second kappa shape index (κ2) is 9.04. The minimum Gasteiger partial charge on any atom is -0.377 e. The number of piperazine rings is 1. The van der Waals surface area contributed by atoms with Crippen LogP contribution in [0.4, 0.5) is 16.3 Å². The van der Waals surface area contributed by atoms with Gasteiger partial charge in [0, 0.05) is 45.5 Å². The van der Waals surface area contributed by atoms with Crippen LogP contribution < -0.4 is 10.2 Å². The van der Waals surface area contributed by atoms with Crippen LogP contribution in [0.25, 0.3) is 22.3 Å². The second-order valence-electron chi connectivity index (χ2n) is 10.8. The van der Waals surface area contributed by atoms with Crippen molar-refractivity contribution in [2.24, 2.45) is 5.92 Å². The van der Waals surface area contributed by atoms with Crippen molar-refractivity contribution in [2.45, 2.75) is 38.8 Å². The van der Waals surface area contributed by atoms with Gasteiger partial charge in [0.25, 0.3) is 0 Å². The number of amides is 2. The number of nitrogens with zero attached hydrogens (tertiary/aromatic N) is 7. The van der Waals surface area contributed by atoms with Crippen LogP contribution in [0.1, 0.15) is 26.7 Å². The summed E-state index contributed by atoms with van der Waals surface area (Å²) in [6.07, 6.45) is 5.55. The monoisotopic (exact) mass is 493 g/mol. The molecular weight excluding hydrogens is 458 g/mol. The summed E-state index contributed by atoms with van der Waals surface area (Å²) in [6.45, 7) is 11.0. The molecule has 192 valence electrons. The lowest BCUT2D eigenvalue weighted by Crippen LogP contribution is -2.52. The third-order valence-electron chi connectivity index (χ3n) is 7.57. The van der Waals surface area contributed by atoms with Gasteiger partial charge < -0.3 is 24.8 Å². The quantitative estimate of drug-likeness (QED) is 0.563. The number of hydrogen-bond acceptors (Lipinski definition) is 7. The van der Waals surface area contributed by atoms with Crippen molar-refractivity contribution in [3.05, 3.63) is 18.5 Å². The number of anilines is 2. The highest BCUT2D eigenvalue weighted by Gasteiger charge is 2.52. The number of rotatable bonds is 5. The molecule has 0 atom stereocenters. The Bertz CT molecular complexity index is 1250. The number of nitrogens with one attached hydrogen (secondary N) is 2. The highest BCUT2D eigenvalue weighted by atomic mass is 16.5.